The molecule has 2 aromatic heterocycles. The Hall–Kier alpha value is -1.75. The number of hydrogen-bond donors (Lipinski definition) is 1. The Kier molecular flexibility index (Phi) is 2.22. The fourth-order valence-electron chi connectivity index (χ4n) is 1.82. The number of hydrogen-bond acceptors (Lipinski definition) is 4. The van der Waals surface area contributed by atoms with Crippen LogP contribution >= 0.6 is 15.9 Å². The SMILES string of the molecule is Cc1nc(N)c2cc3cc(Br)ccc3nc2n1. The first kappa shape index (κ1) is 10.4. The molecule has 5 heteroatoms. The van der Waals surface area contributed by atoms with Crippen molar-refractivity contribution >= 4 is 43.7 Å². The minimum absolute atomic E-state index is 0.474. The summed E-state index contributed by atoms with van der Waals surface area (Å²) < 4.78 is 1.01. The van der Waals surface area contributed by atoms with Crippen LogP contribution in [-0.2, 0) is 0 Å². The molecule has 3 aromatic rings. The fraction of sp³-hybridized carbons (Fsp3) is 0.0833. The molecule has 3 rings (SSSR count). The number of anilines is 1. The van der Waals surface area contributed by atoms with E-state index < -0.39 is 0 Å². The molecule has 0 aliphatic heterocycles. The standard InChI is InChI=1S/C12H9BrN4/c1-6-15-11(14)9-5-7-4-8(13)2-3-10(7)17-12(9)16-6/h2-5H,1H3,(H2,14,15,16,17). The third-order valence-electron chi connectivity index (χ3n) is 2.58. The van der Waals surface area contributed by atoms with Gasteiger partial charge in [0, 0.05) is 9.86 Å². The summed E-state index contributed by atoms with van der Waals surface area (Å²) in [7, 11) is 0. The molecule has 0 amide bonds. The van der Waals surface area contributed by atoms with Crippen molar-refractivity contribution in [3.63, 3.8) is 0 Å². The van der Waals surface area contributed by atoms with Crippen LogP contribution in [0.3, 0.4) is 0 Å². The zero-order chi connectivity index (χ0) is 12.0. The number of pyridine rings is 1. The van der Waals surface area contributed by atoms with E-state index in [4.69, 9.17) is 5.73 Å². The molecule has 0 aliphatic carbocycles. The van der Waals surface area contributed by atoms with Crippen LogP contribution in [0.25, 0.3) is 21.9 Å². The van der Waals surface area contributed by atoms with Crippen molar-refractivity contribution in [3.05, 3.63) is 34.6 Å². The third kappa shape index (κ3) is 1.72. The number of benzene rings is 1. The molecule has 0 fully saturated rings. The van der Waals surface area contributed by atoms with E-state index >= 15 is 0 Å². The average Bonchev–Trinajstić information content (AvgIpc) is 2.27. The Balaban J connectivity index is 2.48. The highest BCUT2D eigenvalue weighted by Crippen LogP contribution is 2.24. The summed E-state index contributed by atoms with van der Waals surface area (Å²) in [5, 5.41) is 1.81. The first-order chi connectivity index (χ1) is 8.13. The fourth-order valence-corrected chi connectivity index (χ4v) is 2.20. The smallest absolute Gasteiger partial charge is 0.165 e. The Morgan fingerprint density at radius 1 is 1.12 bits per heavy atom. The van der Waals surface area contributed by atoms with Gasteiger partial charge in [-0.05, 0) is 31.2 Å². The molecule has 0 spiro atoms. The van der Waals surface area contributed by atoms with Crippen LogP contribution in [0.2, 0.25) is 0 Å². The van der Waals surface area contributed by atoms with Gasteiger partial charge in [-0.1, -0.05) is 15.9 Å². The van der Waals surface area contributed by atoms with Crippen molar-refractivity contribution in [2.45, 2.75) is 6.92 Å². The summed E-state index contributed by atoms with van der Waals surface area (Å²) in [4.78, 5) is 12.9. The maximum Gasteiger partial charge on any atom is 0.165 e. The largest absolute Gasteiger partial charge is 0.383 e. The number of rotatable bonds is 0. The van der Waals surface area contributed by atoms with Gasteiger partial charge < -0.3 is 5.73 Å². The second kappa shape index (κ2) is 3.63. The van der Waals surface area contributed by atoms with Crippen LogP contribution in [0.5, 0.6) is 0 Å². The molecule has 17 heavy (non-hydrogen) atoms. The van der Waals surface area contributed by atoms with Crippen molar-refractivity contribution in [1.82, 2.24) is 15.0 Å². The van der Waals surface area contributed by atoms with E-state index in [0.29, 0.717) is 17.3 Å². The van der Waals surface area contributed by atoms with E-state index in [1.54, 1.807) is 0 Å². The van der Waals surface area contributed by atoms with Crippen molar-refractivity contribution < 1.29 is 0 Å². The van der Waals surface area contributed by atoms with Crippen LogP contribution in [0.15, 0.2) is 28.7 Å². The third-order valence-corrected chi connectivity index (χ3v) is 3.08. The Morgan fingerprint density at radius 3 is 2.76 bits per heavy atom. The van der Waals surface area contributed by atoms with Crippen LogP contribution in [-0.4, -0.2) is 15.0 Å². The van der Waals surface area contributed by atoms with Gasteiger partial charge in [-0.25, -0.2) is 15.0 Å². The first-order valence-corrected chi connectivity index (χ1v) is 5.93. The van der Waals surface area contributed by atoms with Gasteiger partial charge in [0.2, 0.25) is 0 Å². The van der Waals surface area contributed by atoms with E-state index in [0.717, 1.165) is 20.8 Å². The quantitative estimate of drug-likeness (QED) is 0.646. The highest BCUT2D eigenvalue weighted by Gasteiger charge is 2.06. The number of nitrogen functional groups attached to an aromatic ring is 1. The number of halogens is 1. The average molecular weight is 289 g/mol. The molecule has 0 radical (unpaired) electrons. The predicted octanol–water partition coefficient (Wildman–Crippen LogP) is 2.83. The van der Waals surface area contributed by atoms with Gasteiger partial charge in [0.05, 0.1) is 10.9 Å². The number of aryl methyl sites for hydroxylation is 1. The van der Waals surface area contributed by atoms with E-state index in [2.05, 4.69) is 30.9 Å². The number of nitrogens with two attached hydrogens (primary N) is 1. The maximum absolute atomic E-state index is 5.88. The van der Waals surface area contributed by atoms with Gasteiger partial charge in [0.25, 0.3) is 0 Å². The van der Waals surface area contributed by atoms with Crippen molar-refractivity contribution in [1.29, 1.82) is 0 Å². The summed E-state index contributed by atoms with van der Waals surface area (Å²) in [5.41, 5.74) is 7.43. The molecule has 1 aromatic carbocycles. The molecule has 0 saturated heterocycles. The summed E-state index contributed by atoms with van der Waals surface area (Å²) in [5.74, 6) is 1.11. The lowest BCUT2D eigenvalue weighted by molar-refractivity contribution is 1.08. The summed E-state index contributed by atoms with van der Waals surface area (Å²) >= 11 is 3.44. The zero-order valence-electron chi connectivity index (χ0n) is 9.11. The van der Waals surface area contributed by atoms with Gasteiger partial charge >= 0.3 is 0 Å². The van der Waals surface area contributed by atoms with Crippen LogP contribution in [0.4, 0.5) is 5.82 Å². The minimum atomic E-state index is 0.474. The second-order valence-corrected chi connectivity index (χ2v) is 4.77. The van der Waals surface area contributed by atoms with Gasteiger partial charge in [0.1, 0.15) is 11.6 Å². The Morgan fingerprint density at radius 2 is 1.94 bits per heavy atom. The van der Waals surface area contributed by atoms with Crippen molar-refractivity contribution in [2.75, 3.05) is 5.73 Å². The maximum atomic E-state index is 5.88. The van der Waals surface area contributed by atoms with Gasteiger partial charge in [0.15, 0.2) is 5.65 Å². The number of nitrogens with zero attached hydrogens (tertiary/aromatic N) is 3. The molecular formula is C12H9BrN4. The number of aromatic nitrogens is 3. The van der Waals surface area contributed by atoms with E-state index in [1.807, 2.05) is 31.2 Å². The Bertz CT molecular complexity index is 739. The van der Waals surface area contributed by atoms with Crippen molar-refractivity contribution in [2.24, 2.45) is 0 Å². The molecule has 0 atom stereocenters. The van der Waals surface area contributed by atoms with Gasteiger partial charge in [-0.2, -0.15) is 0 Å². The zero-order valence-corrected chi connectivity index (χ0v) is 10.7. The lowest BCUT2D eigenvalue weighted by Crippen LogP contribution is -1.98. The van der Waals surface area contributed by atoms with Crippen LogP contribution in [0, 0.1) is 6.92 Å². The molecule has 84 valence electrons. The normalized spacial score (nSPS) is 11.2. The molecule has 2 N–H and O–H groups in total. The molecule has 0 aliphatic rings. The van der Waals surface area contributed by atoms with Crippen LogP contribution < -0.4 is 5.73 Å². The topological polar surface area (TPSA) is 64.7 Å². The summed E-state index contributed by atoms with van der Waals surface area (Å²) in [6, 6.07) is 7.88. The lowest BCUT2D eigenvalue weighted by Gasteiger charge is -2.04. The number of fused-ring (bicyclic) bond motifs is 2. The lowest BCUT2D eigenvalue weighted by atomic mass is 10.2. The van der Waals surface area contributed by atoms with E-state index in [1.165, 1.54) is 0 Å². The molecular weight excluding hydrogens is 280 g/mol. The molecule has 0 unspecified atom stereocenters. The van der Waals surface area contributed by atoms with E-state index in [9.17, 15) is 0 Å². The van der Waals surface area contributed by atoms with Gasteiger partial charge in [-0.15, -0.1) is 0 Å². The molecule has 2 heterocycles. The predicted molar refractivity (Wildman–Crippen MR) is 71.7 cm³/mol. The highest BCUT2D eigenvalue weighted by molar-refractivity contribution is 9.10. The monoisotopic (exact) mass is 288 g/mol. The second-order valence-electron chi connectivity index (χ2n) is 3.85. The molecule has 4 nitrogen and oxygen atoms in total. The first-order valence-electron chi connectivity index (χ1n) is 5.13. The highest BCUT2D eigenvalue weighted by atomic mass is 79.9. The molecule has 0 bridgehead atoms. The van der Waals surface area contributed by atoms with Crippen molar-refractivity contribution in [3.8, 4) is 0 Å². The van der Waals surface area contributed by atoms with E-state index in [-0.39, 0.29) is 0 Å². The van der Waals surface area contributed by atoms with Gasteiger partial charge in [-0.3, -0.25) is 0 Å². The minimum Gasteiger partial charge on any atom is -0.383 e. The van der Waals surface area contributed by atoms with Crippen LogP contribution in [0.1, 0.15) is 5.82 Å². The summed E-state index contributed by atoms with van der Waals surface area (Å²) in [6.45, 7) is 1.81. The molecule has 0 saturated carbocycles. The summed E-state index contributed by atoms with van der Waals surface area (Å²) in [6.07, 6.45) is 0. The Labute approximate surface area is 106 Å².